The third-order valence-corrected chi connectivity index (χ3v) is 3.39. The Kier molecular flexibility index (Phi) is 2.89. The van der Waals surface area contributed by atoms with Crippen LogP contribution in [0.3, 0.4) is 0 Å². The summed E-state index contributed by atoms with van der Waals surface area (Å²) in [5.74, 6) is 2.05. The molecule has 82 valence electrons. The van der Waals surface area contributed by atoms with Crippen LogP contribution in [0.15, 0.2) is 16.6 Å². The van der Waals surface area contributed by atoms with E-state index in [9.17, 15) is 0 Å². The van der Waals surface area contributed by atoms with Crippen molar-refractivity contribution in [3.63, 3.8) is 0 Å². The maximum Gasteiger partial charge on any atom is 0.127 e. The summed E-state index contributed by atoms with van der Waals surface area (Å²) in [6.45, 7) is 0. The van der Waals surface area contributed by atoms with Crippen molar-refractivity contribution in [3.05, 3.63) is 22.2 Å². The van der Waals surface area contributed by atoms with E-state index in [0.29, 0.717) is 5.92 Å². The first-order chi connectivity index (χ1) is 7.17. The number of hydrogen-bond donors (Lipinski definition) is 1. The largest absolute Gasteiger partial charge is 0.497 e. The van der Waals surface area contributed by atoms with Crippen LogP contribution in [0.5, 0.6) is 11.5 Å². The summed E-state index contributed by atoms with van der Waals surface area (Å²) in [4.78, 5) is 0. The van der Waals surface area contributed by atoms with Crippen molar-refractivity contribution in [3.8, 4) is 11.5 Å². The Labute approximate surface area is 97.7 Å². The van der Waals surface area contributed by atoms with Crippen LogP contribution < -0.4 is 15.2 Å². The topological polar surface area (TPSA) is 44.5 Å². The van der Waals surface area contributed by atoms with Crippen LogP contribution >= 0.6 is 15.9 Å². The zero-order valence-electron chi connectivity index (χ0n) is 8.79. The zero-order chi connectivity index (χ0) is 11.0. The molecule has 2 unspecified atom stereocenters. The Morgan fingerprint density at radius 1 is 1.33 bits per heavy atom. The Hall–Kier alpha value is -0.740. The second kappa shape index (κ2) is 4.02. The minimum atomic E-state index is 0.267. The van der Waals surface area contributed by atoms with Crippen molar-refractivity contribution in [1.29, 1.82) is 0 Å². The van der Waals surface area contributed by atoms with Crippen LogP contribution in [0.1, 0.15) is 17.9 Å². The molecule has 1 aromatic rings. The van der Waals surface area contributed by atoms with Gasteiger partial charge in [0, 0.05) is 28.1 Å². The second-order valence-electron chi connectivity index (χ2n) is 3.73. The predicted octanol–water partition coefficient (Wildman–Crippen LogP) is 2.28. The van der Waals surface area contributed by atoms with E-state index in [4.69, 9.17) is 15.2 Å². The number of rotatable bonds is 3. The van der Waals surface area contributed by atoms with Gasteiger partial charge in [0.15, 0.2) is 0 Å². The van der Waals surface area contributed by atoms with E-state index < -0.39 is 0 Å². The lowest BCUT2D eigenvalue weighted by Crippen LogP contribution is -2.03. The fourth-order valence-electron chi connectivity index (χ4n) is 1.76. The molecule has 1 fully saturated rings. The van der Waals surface area contributed by atoms with E-state index in [0.717, 1.165) is 28.0 Å². The molecule has 3 nitrogen and oxygen atoms in total. The summed E-state index contributed by atoms with van der Waals surface area (Å²) in [7, 11) is 3.31. The highest BCUT2D eigenvalue weighted by molar-refractivity contribution is 9.10. The van der Waals surface area contributed by atoms with Gasteiger partial charge in [-0.2, -0.15) is 0 Å². The van der Waals surface area contributed by atoms with E-state index >= 15 is 0 Å². The summed E-state index contributed by atoms with van der Waals surface area (Å²) in [5, 5.41) is 0. The molecule has 1 aliphatic rings. The Bertz CT molecular complexity index is 381. The highest BCUT2D eigenvalue weighted by Crippen LogP contribution is 2.48. The van der Waals surface area contributed by atoms with Crippen LogP contribution in [-0.2, 0) is 0 Å². The molecule has 4 heteroatoms. The average Bonchev–Trinajstić information content (AvgIpc) is 2.93. The summed E-state index contributed by atoms with van der Waals surface area (Å²) in [6.07, 6.45) is 1.03. The number of halogens is 1. The summed E-state index contributed by atoms with van der Waals surface area (Å²) in [5.41, 5.74) is 7.01. The number of nitrogens with two attached hydrogens (primary N) is 1. The number of ether oxygens (including phenoxy) is 2. The molecule has 1 saturated carbocycles. The molecule has 15 heavy (non-hydrogen) atoms. The van der Waals surface area contributed by atoms with Gasteiger partial charge in [-0.15, -0.1) is 0 Å². The first kappa shape index (κ1) is 10.8. The van der Waals surface area contributed by atoms with Crippen LogP contribution in [0.2, 0.25) is 0 Å². The smallest absolute Gasteiger partial charge is 0.127 e. The fraction of sp³-hybridized carbons (Fsp3) is 0.455. The molecule has 2 rings (SSSR count). The Balaban J connectivity index is 2.43. The lowest BCUT2D eigenvalue weighted by Gasteiger charge is -2.12. The second-order valence-corrected chi connectivity index (χ2v) is 4.59. The molecular weight excluding hydrogens is 258 g/mol. The molecule has 0 heterocycles. The standard InChI is InChI=1S/C11H14BrNO2/c1-14-6-3-8(12)11(7-5-9(7)13)10(4-6)15-2/h3-4,7,9H,5,13H2,1-2H3. The SMILES string of the molecule is COc1cc(Br)c(C2CC2N)c(OC)c1. The van der Waals surface area contributed by atoms with Gasteiger partial charge in [-0.25, -0.2) is 0 Å². The maximum atomic E-state index is 5.85. The van der Waals surface area contributed by atoms with Crippen molar-refractivity contribution in [2.75, 3.05) is 14.2 Å². The van der Waals surface area contributed by atoms with Crippen molar-refractivity contribution >= 4 is 15.9 Å². The van der Waals surface area contributed by atoms with Gasteiger partial charge in [0.05, 0.1) is 14.2 Å². The molecule has 0 bridgehead atoms. The normalized spacial score (nSPS) is 23.7. The third-order valence-electron chi connectivity index (χ3n) is 2.73. The lowest BCUT2D eigenvalue weighted by atomic mass is 10.1. The lowest BCUT2D eigenvalue weighted by molar-refractivity contribution is 0.390. The number of benzene rings is 1. The number of methoxy groups -OCH3 is 2. The van der Waals surface area contributed by atoms with Crippen LogP contribution in [0, 0.1) is 0 Å². The third kappa shape index (κ3) is 1.96. The summed E-state index contributed by atoms with van der Waals surface area (Å²) in [6, 6.07) is 4.11. The summed E-state index contributed by atoms with van der Waals surface area (Å²) >= 11 is 3.53. The van der Waals surface area contributed by atoms with Crippen LogP contribution in [-0.4, -0.2) is 20.3 Å². The predicted molar refractivity (Wildman–Crippen MR) is 62.6 cm³/mol. The fourth-order valence-corrected chi connectivity index (χ4v) is 2.48. The first-order valence-corrected chi connectivity index (χ1v) is 5.63. The molecular formula is C11H14BrNO2. The van der Waals surface area contributed by atoms with Crippen molar-refractivity contribution in [2.24, 2.45) is 5.73 Å². The van der Waals surface area contributed by atoms with E-state index in [1.807, 2.05) is 12.1 Å². The van der Waals surface area contributed by atoms with Gasteiger partial charge < -0.3 is 15.2 Å². The van der Waals surface area contributed by atoms with Crippen molar-refractivity contribution in [1.82, 2.24) is 0 Å². The van der Waals surface area contributed by atoms with E-state index in [1.165, 1.54) is 0 Å². The highest BCUT2D eigenvalue weighted by Gasteiger charge is 2.38. The molecule has 2 N–H and O–H groups in total. The minimum Gasteiger partial charge on any atom is -0.497 e. The van der Waals surface area contributed by atoms with Gasteiger partial charge >= 0.3 is 0 Å². The van der Waals surface area contributed by atoms with Gasteiger partial charge in [-0.3, -0.25) is 0 Å². The van der Waals surface area contributed by atoms with Crippen molar-refractivity contribution < 1.29 is 9.47 Å². The Morgan fingerprint density at radius 3 is 2.47 bits per heavy atom. The summed E-state index contributed by atoms with van der Waals surface area (Å²) < 4.78 is 11.5. The zero-order valence-corrected chi connectivity index (χ0v) is 10.4. The van der Waals surface area contributed by atoms with Gasteiger partial charge in [0.1, 0.15) is 11.5 Å². The van der Waals surface area contributed by atoms with Gasteiger partial charge in [0.2, 0.25) is 0 Å². The quantitative estimate of drug-likeness (QED) is 0.918. The van der Waals surface area contributed by atoms with Crippen molar-refractivity contribution in [2.45, 2.75) is 18.4 Å². The molecule has 0 aliphatic heterocycles. The molecule has 0 amide bonds. The molecule has 1 aromatic carbocycles. The van der Waals surface area contributed by atoms with E-state index in [-0.39, 0.29) is 6.04 Å². The molecule has 1 aliphatic carbocycles. The molecule has 0 spiro atoms. The monoisotopic (exact) mass is 271 g/mol. The average molecular weight is 272 g/mol. The first-order valence-electron chi connectivity index (χ1n) is 4.84. The van der Waals surface area contributed by atoms with Crippen LogP contribution in [0.25, 0.3) is 0 Å². The molecule has 0 radical (unpaired) electrons. The maximum absolute atomic E-state index is 5.85. The molecule has 0 aromatic heterocycles. The number of hydrogen-bond acceptors (Lipinski definition) is 3. The van der Waals surface area contributed by atoms with E-state index in [1.54, 1.807) is 14.2 Å². The minimum absolute atomic E-state index is 0.267. The van der Waals surface area contributed by atoms with Crippen LogP contribution in [0.4, 0.5) is 0 Å². The van der Waals surface area contributed by atoms with Gasteiger partial charge in [-0.05, 0) is 12.5 Å². The van der Waals surface area contributed by atoms with Gasteiger partial charge in [0.25, 0.3) is 0 Å². The molecule has 2 atom stereocenters. The van der Waals surface area contributed by atoms with E-state index in [2.05, 4.69) is 15.9 Å². The van der Waals surface area contributed by atoms with Gasteiger partial charge in [-0.1, -0.05) is 15.9 Å². The highest BCUT2D eigenvalue weighted by atomic mass is 79.9. The Morgan fingerprint density at radius 2 is 2.00 bits per heavy atom. The molecule has 0 saturated heterocycles.